The van der Waals surface area contributed by atoms with Gasteiger partial charge in [-0.05, 0) is 42.1 Å². The third-order valence-electron chi connectivity index (χ3n) is 3.92. The smallest absolute Gasteiger partial charge is 0.0127 e. The summed E-state index contributed by atoms with van der Waals surface area (Å²) in [4.78, 5) is 0. The predicted octanol–water partition coefficient (Wildman–Crippen LogP) is 4.34. The van der Waals surface area contributed by atoms with Gasteiger partial charge >= 0.3 is 0 Å². The summed E-state index contributed by atoms with van der Waals surface area (Å²) in [7, 11) is 0. The quantitative estimate of drug-likeness (QED) is 0.577. The highest BCUT2D eigenvalue weighted by molar-refractivity contribution is 5.41. The molecule has 0 aromatic carbocycles. The molecule has 2 aliphatic rings. The van der Waals surface area contributed by atoms with Crippen molar-refractivity contribution in [3.05, 3.63) is 23.3 Å². The third-order valence-corrected chi connectivity index (χ3v) is 3.92. The van der Waals surface area contributed by atoms with E-state index >= 15 is 0 Å². The summed E-state index contributed by atoms with van der Waals surface area (Å²) in [6.07, 6.45) is 8.68. The van der Waals surface area contributed by atoms with Crippen LogP contribution in [0.25, 0.3) is 0 Å². The SMILES string of the molecule is CCC1CC(C(C)(C)C)C2=C1C=CC2. The van der Waals surface area contributed by atoms with Gasteiger partial charge in [-0.1, -0.05) is 45.4 Å². The predicted molar refractivity (Wildman–Crippen MR) is 62.1 cm³/mol. The Morgan fingerprint density at radius 2 is 2.07 bits per heavy atom. The highest BCUT2D eigenvalue weighted by Crippen LogP contribution is 2.50. The Labute approximate surface area is 88.1 Å². The zero-order chi connectivity index (χ0) is 10.3. The van der Waals surface area contributed by atoms with Gasteiger partial charge in [0.1, 0.15) is 0 Å². The number of hydrogen-bond acceptors (Lipinski definition) is 0. The van der Waals surface area contributed by atoms with Gasteiger partial charge in [0.05, 0.1) is 0 Å². The highest BCUT2D eigenvalue weighted by atomic mass is 14.4. The molecule has 0 heteroatoms. The van der Waals surface area contributed by atoms with Crippen molar-refractivity contribution in [2.24, 2.45) is 17.3 Å². The van der Waals surface area contributed by atoms with Crippen molar-refractivity contribution < 1.29 is 0 Å². The van der Waals surface area contributed by atoms with Gasteiger partial charge in [-0.3, -0.25) is 0 Å². The average Bonchev–Trinajstić information content (AvgIpc) is 2.59. The Balaban J connectivity index is 2.27. The van der Waals surface area contributed by atoms with Crippen LogP contribution in [0.1, 0.15) is 47.0 Å². The van der Waals surface area contributed by atoms with E-state index in [2.05, 4.69) is 39.8 Å². The van der Waals surface area contributed by atoms with E-state index in [1.165, 1.54) is 19.3 Å². The second-order valence-corrected chi connectivity index (χ2v) is 5.85. The normalized spacial score (nSPS) is 31.4. The molecule has 0 nitrogen and oxygen atoms in total. The topological polar surface area (TPSA) is 0 Å². The van der Waals surface area contributed by atoms with Crippen molar-refractivity contribution in [3.8, 4) is 0 Å². The molecule has 0 saturated heterocycles. The largest absolute Gasteiger partial charge is 0.0802 e. The molecule has 2 unspecified atom stereocenters. The molecule has 0 N–H and O–H groups in total. The average molecular weight is 190 g/mol. The zero-order valence-corrected chi connectivity index (χ0v) is 9.93. The molecule has 0 fully saturated rings. The molecular weight excluding hydrogens is 168 g/mol. The second-order valence-electron chi connectivity index (χ2n) is 5.85. The fourth-order valence-electron chi connectivity index (χ4n) is 3.10. The zero-order valence-electron chi connectivity index (χ0n) is 9.93. The van der Waals surface area contributed by atoms with Crippen molar-refractivity contribution >= 4 is 0 Å². The molecule has 2 aliphatic carbocycles. The lowest BCUT2D eigenvalue weighted by Gasteiger charge is -2.29. The molecule has 0 amide bonds. The van der Waals surface area contributed by atoms with E-state index in [1.54, 1.807) is 11.1 Å². The summed E-state index contributed by atoms with van der Waals surface area (Å²) in [6, 6.07) is 0. The van der Waals surface area contributed by atoms with Crippen LogP contribution in [-0.4, -0.2) is 0 Å². The molecule has 2 atom stereocenters. The lowest BCUT2D eigenvalue weighted by atomic mass is 9.75. The van der Waals surface area contributed by atoms with Crippen molar-refractivity contribution in [2.45, 2.75) is 47.0 Å². The Kier molecular flexibility index (Phi) is 2.33. The van der Waals surface area contributed by atoms with Crippen molar-refractivity contribution in [1.82, 2.24) is 0 Å². The van der Waals surface area contributed by atoms with E-state index in [4.69, 9.17) is 0 Å². The van der Waals surface area contributed by atoms with Crippen molar-refractivity contribution in [3.63, 3.8) is 0 Å². The van der Waals surface area contributed by atoms with Crippen LogP contribution in [0.5, 0.6) is 0 Å². The second kappa shape index (κ2) is 3.25. The van der Waals surface area contributed by atoms with Crippen LogP contribution in [0.2, 0.25) is 0 Å². The van der Waals surface area contributed by atoms with Crippen LogP contribution in [0.15, 0.2) is 23.3 Å². The molecule has 0 heterocycles. The van der Waals surface area contributed by atoms with E-state index in [0.717, 1.165) is 11.8 Å². The summed E-state index contributed by atoms with van der Waals surface area (Å²) in [5.74, 6) is 1.69. The molecule has 78 valence electrons. The fourth-order valence-corrected chi connectivity index (χ4v) is 3.10. The van der Waals surface area contributed by atoms with Gasteiger partial charge in [-0.15, -0.1) is 0 Å². The van der Waals surface area contributed by atoms with Gasteiger partial charge in [0, 0.05) is 0 Å². The minimum atomic E-state index is 0.455. The summed E-state index contributed by atoms with van der Waals surface area (Å²) >= 11 is 0. The maximum atomic E-state index is 2.39. The Morgan fingerprint density at radius 3 is 2.64 bits per heavy atom. The molecule has 14 heavy (non-hydrogen) atoms. The van der Waals surface area contributed by atoms with Crippen molar-refractivity contribution in [2.75, 3.05) is 0 Å². The standard InChI is InChI=1S/C14H22/c1-5-10-9-13(14(2,3)4)12-8-6-7-11(10)12/h6-7,10,13H,5,8-9H2,1-4H3. The first-order valence-corrected chi connectivity index (χ1v) is 5.93. The Morgan fingerprint density at radius 1 is 1.36 bits per heavy atom. The lowest BCUT2D eigenvalue weighted by molar-refractivity contribution is 0.258. The Hall–Kier alpha value is -0.520. The first-order valence-electron chi connectivity index (χ1n) is 5.93. The number of allylic oxidation sites excluding steroid dienone is 4. The molecule has 0 spiro atoms. The Bertz CT molecular complexity index is 286. The van der Waals surface area contributed by atoms with E-state index in [9.17, 15) is 0 Å². The van der Waals surface area contributed by atoms with Gasteiger partial charge in [0.25, 0.3) is 0 Å². The molecule has 2 rings (SSSR count). The van der Waals surface area contributed by atoms with Gasteiger partial charge in [-0.25, -0.2) is 0 Å². The lowest BCUT2D eigenvalue weighted by Crippen LogP contribution is -2.20. The van der Waals surface area contributed by atoms with E-state index in [-0.39, 0.29) is 0 Å². The van der Waals surface area contributed by atoms with Gasteiger partial charge < -0.3 is 0 Å². The maximum Gasteiger partial charge on any atom is -0.0127 e. The third kappa shape index (κ3) is 1.45. The first-order chi connectivity index (χ1) is 6.54. The monoisotopic (exact) mass is 190 g/mol. The molecule has 0 aromatic heterocycles. The van der Waals surface area contributed by atoms with Crippen molar-refractivity contribution in [1.29, 1.82) is 0 Å². The van der Waals surface area contributed by atoms with Gasteiger partial charge in [0.2, 0.25) is 0 Å². The fraction of sp³-hybridized carbons (Fsp3) is 0.714. The van der Waals surface area contributed by atoms with Crippen LogP contribution >= 0.6 is 0 Å². The molecule has 0 radical (unpaired) electrons. The molecule has 0 saturated carbocycles. The maximum absolute atomic E-state index is 2.39. The van der Waals surface area contributed by atoms with Crippen LogP contribution < -0.4 is 0 Å². The van der Waals surface area contributed by atoms with Gasteiger partial charge in [0.15, 0.2) is 0 Å². The molecule has 0 bridgehead atoms. The number of rotatable bonds is 1. The van der Waals surface area contributed by atoms with E-state index in [0.29, 0.717) is 5.41 Å². The number of hydrogen-bond donors (Lipinski definition) is 0. The molecule has 0 aromatic rings. The molecular formula is C14H22. The van der Waals surface area contributed by atoms with E-state index in [1.807, 2.05) is 0 Å². The summed E-state index contributed by atoms with van der Waals surface area (Å²) in [5.41, 5.74) is 3.90. The van der Waals surface area contributed by atoms with E-state index < -0.39 is 0 Å². The highest BCUT2D eigenvalue weighted by Gasteiger charge is 2.38. The first kappa shape index (κ1) is 10.0. The van der Waals surface area contributed by atoms with Crippen LogP contribution in [0.3, 0.4) is 0 Å². The minimum Gasteiger partial charge on any atom is -0.0802 e. The summed E-state index contributed by atoms with van der Waals surface area (Å²) in [5, 5.41) is 0. The van der Waals surface area contributed by atoms with Gasteiger partial charge in [-0.2, -0.15) is 0 Å². The summed E-state index contributed by atoms with van der Waals surface area (Å²) in [6.45, 7) is 9.49. The summed E-state index contributed by atoms with van der Waals surface area (Å²) < 4.78 is 0. The van der Waals surface area contributed by atoms with Crippen LogP contribution in [0.4, 0.5) is 0 Å². The molecule has 0 aliphatic heterocycles. The van der Waals surface area contributed by atoms with Crippen LogP contribution in [-0.2, 0) is 0 Å². The minimum absolute atomic E-state index is 0.455. The van der Waals surface area contributed by atoms with Crippen LogP contribution in [0, 0.1) is 17.3 Å².